The molecule has 0 spiro atoms. The molecule has 0 unspecified atom stereocenters. The minimum atomic E-state index is -0.0810. The molecule has 0 radical (unpaired) electrons. The van der Waals surface area contributed by atoms with Gasteiger partial charge in [-0.3, -0.25) is 4.79 Å². The summed E-state index contributed by atoms with van der Waals surface area (Å²) in [6.07, 6.45) is 1.71. The zero-order chi connectivity index (χ0) is 15.0. The number of halogens is 1. The molecule has 3 aromatic rings. The summed E-state index contributed by atoms with van der Waals surface area (Å²) in [4.78, 5) is 15.8. The molecule has 1 heterocycles. The lowest BCUT2D eigenvalue weighted by molar-refractivity contribution is 0.104. The van der Waals surface area contributed by atoms with Crippen LogP contribution < -0.4 is 10.5 Å². The molecule has 0 aliphatic rings. The van der Waals surface area contributed by atoms with E-state index >= 15 is 0 Å². The summed E-state index contributed by atoms with van der Waals surface area (Å²) in [6, 6.07) is 10.8. The van der Waals surface area contributed by atoms with Gasteiger partial charge in [0.2, 0.25) is 0 Å². The van der Waals surface area contributed by atoms with E-state index in [2.05, 4.69) is 20.9 Å². The first kappa shape index (κ1) is 13.7. The van der Waals surface area contributed by atoms with Crippen molar-refractivity contribution in [2.45, 2.75) is 0 Å². The average Bonchev–Trinajstić information content (AvgIpc) is 2.88. The number of nitrogens with two attached hydrogens (primary N) is 1. The second kappa shape index (κ2) is 5.26. The maximum Gasteiger partial charge on any atom is 0.195 e. The number of methoxy groups -OCH3 is 1. The van der Waals surface area contributed by atoms with Gasteiger partial charge in [0.25, 0.3) is 0 Å². The fourth-order valence-corrected chi connectivity index (χ4v) is 2.82. The Bertz CT molecular complexity index is 819. The molecule has 21 heavy (non-hydrogen) atoms. The summed E-state index contributed by atoms with van der Waals surface area (Å²) in [5.41, 5.74) is 8.38. The van der Waals surface area contributed by atoms with Gasteiger partial charge in [0, 0.05) is 38.4 Å². The number of fused-ring (bicyclic) bond motifs is 1. The van der Waals surface area contributed by atoms with Gasteiger partial charge in [0.05, 0.1) is 7.11 Å². The monoisotopic (exact) mass is 344 g/mol. The Hall–Kier alpha value is -2.27. The van der Waals surface area contributed by atoms with Crippen molar-refractivity contribution in [3.63, 3.8) is 0 Å². The van der Waals surface area contributed by atoms with Crippen LogP contribution >= 0.6 is 15.9 Å². The maximum atomic E-state index is 12.7. The quantitative estimate of drug-likeness (QED) is 0.561. The number of benzene rings is 2. The highest BCUT2D eigenvalue weighted by Gasteiger charge is 2.15. The number of ketones is 1. The number of nitrogen functional groups attached to an aromatic ring is 1. The first-order valence-electron chi connectivity index (χ1n) is 6.34. The Morgan fingerprint density at radius 2 is 2.05 bits per heavy atom. The van der Waals surface area contributed by atoms with Crippen molar-refractivity contribution in [3.05, 3.63) is 58.2 Å². The molecule has 0 atom stereocenters. The van der Waals surface area contributed by atoms with Crippen LogP contribution in [0.5, 0.6) is 5.75 Å². The predicted molar refractivity (Wildman–Crippen MR) is 86.8 cm³/mol. The van der Waals surface area contributed by atoms with E-state index in [1.54, 1.807) is 31.5 Å². The van der Waals surface area contributed by atoms with Crippen molar-refractivity contribution in [2.24, 2.45) is 0 Å². The molecule has 5 heteroatoms. The summed E-state index contributed by atoms with van der Waals surface area (Å²) in [6.45, 7) is 0. The van der Waals surface area contributed by atoms with Gasteiger partial charge in [-0.05, 0) is 36.4 Å². The first-order valence-corrected chi connectivity index (χ1v) is 7.13. The number of ether oxygens (including phenoxy) is 1. The summed E-state index contributed by atoms with van der Waals surface area (Å²) < 4.78 is 6.00. The Kier molecular flexibility index (Phi) is 3.43. The van der Waals surface area contributed by atoms with Crippen LogP contribution in [0.4, 0.5) is 5.69 Å². The Balaban J connectivity index is 2.13. The van der Waals surface area contributed by atoms with Crippen LogP contribution in [-0.2, 0) is 0 Å². The summed E-state index contributed by atoms with van der Waals surface area (Å²) in [5.74, 6) is 0.632. The van der Waals surface area contributed by atoms with E-state index in [4.69, 9.17) is 10.5 Å². The largest absolute Gasteiger partial charge is 0.497 e. The molecular weight excluding hydrogens is 332 g/mol. The van der Waals surface area contributed by atoms with Crippen molar-refractivity contribution in [1.29, 1.82) is 0 Å². The number of H-pyrrole nitrogens is 1. The number of nitrogens with one attached hydrogen (secondary N) is 1. The van der Waals surface area contributed by atoms with Crippen molar-refractivity contribution < 1.29 is 9.53 Å². The normalized spacial score (nSPS) is 10.8. The van der Waals surface area contributed by atoms with Crippen LogP contribution in [0.3, 0.4) is 0 Å². The van der Waals surface area contributed by atoms with E-state index in [0.717, 1.165) is 15.4 Å². The van der Waals surface area contributed by atoms with E-state index < -0.39 is 0 Å². The van der Waals surface area contributed by atoms with Crippen molar-refractivity contribution >= 4 is 38.3 Å². The summed E-state index contributed by atoms with van der Waals surface area (Å²) in [5, 5.41) is 0.831. The van der Waals surface area contributed by atoms with E-state index in [1.165, 1.54) is 0 Å². The lowest BCUT2D eigenvalue weighted by Crippen LogP contribution is -2.01. The molecule has 3 N–H and O–H groups in total. The third-order valence-electron chi connectivity index (χ3n) is 3.32. The first-order chi connectivity index (χ1) is 10.1. The van der Waals surface area contributed by atoms with Gasteiger partial charge in [0.15, 0.2) is 5.78 Å². The molecule has 2 aromatic carbocycles. The van der Waals surface area contributed by atoms with Gasteiger partial charge in [-0.25, -0.2) is 0 Å². The van der Waals surface area contributed by atoms with Gasteiger partial charge in [-0.2, -0.15) is 0 Å². The molecule has 3 rings (SSSR count). The Labute approximate surface area is 130 Å². The molecule has 0 aliphatic carbocycles. The van der Waals surface area contributed by atoms with E-state index in [0.29, 0.717) is 22.6 Å². The SMILES string of the molecule is COc1ccc2[nH]cc(C(=O)c3cc(N)cc(Br)c3)c2c1. The van der Waals surface area contributed by atoms with Gasteiger partial charge < -0.3 is 15.5 Å². The highest BCUT2D eigenvalue weighted by atomic mass is 79.9. The number of hydrogen-bond acceptors (Lipinski definition) is 3. The molecule has 0 saturated heterocycles. The number of hydrogen-bond donors (Lipinski definition) is 2. The van der Waals surface area contributed by atoms with Gasteiger partial charge >= 0.3 is 0 Å². The number of anilines is 1. The van der Waals surface area contributed by atoms with Gasteiger partial charge in [-0.1, -0.05) is 15.9 Å². The summed E-state index contributed by atoms with van der Waals surface area (Å²) in [7, 11) is 1.60. The highest BCUT2D eigenvalue weighted by molar-refractivity contribution is 9.10. The molecule has 0 bridgehead atoms. The number of aromatic amines is 1. The lowest BCUT2D eigenvalue weighted by atomic mass is 10.0. The van der Waals surface area contributed by atoms with Crippen LogP contribution in [0.2, 0.25) is 0 Å². The number of carbonyl (C=O) groups is 1. The van der Waals surface area contributed by atoms with Gasteiger partial charge in [0.1, 0.15) is 5.75 Å². The Morgan fingerprint density at radius 3 is 2.76 bits per heavy atom. The second-order valence-electron chi connectivity index (χ2n) is 4.72. The smallest absolute Gasteiger partial charge is 0.195 e. The minimum Gasteiger partial charge on any atom is -0.497 e. The van der Waals surface area contributed by atoms with E-state index in [1.807, 2.05) is 18.2 Å². The highest BCUT2D eigenvalue weighted by Crippen LogP contribution is 2.27. The maximum absolute atomic E-state index is 12.7. The number of carbonyl (C=O) groups excluding carboxylic acids is 1. The van der Waals surface area contributed by atoms with Crippen LogP contribution in [-0.4, -0.2) is 17.9 Å². The van der Waals surface area contributed by atoms with Crippen LogP contribution in [0.25, 0.3) is 10.9 Å². The van der Waals surface area contributed by atoms with E-state index in [-0.39, 0.29) is 5.78 Å². The topological polar surface area (TPSA) is 68.1 Å². The molecular formula is C16H13BrN2O2. The molecule has 0 saturated carbocycles. The zero-order valence-electron chi connectivity index (χ0n) is 11.3. The van der Waals surface area contributed by atoms with Gasteiger partial charge in [-0.15, -0.1) is 0 Å². The van der Waals surface area contributed by atoms with E-state index in [9.17, 15) is 4.79 Å². The number of rotatable bonds is 3. The standard InChI is InChI=1S/C16H13BrN2O2/c1-21-12-2-3-15-13(7-12)14(8-19-15)16(20)9-4-10(17)6-11(18)5-9/h2-8,19H,18H2,1H3. The van der Waals surface area contributed by atoms with Crippen molar-refractivity contribution in [1.82, 2.24) is 4.98 Å². The predicted octanol–water partition coefficient (Wildman–Crippen LogP) is 3.75. The summed E-state index contributed by atoms with van der Waals surface area (Å²) >= 11 is 3.36. The Morgan fingerprint density at radius 1 is 1.24 bits per heavy atom. The average molecular weight is 345 g/mol. The van der Waals surface area contributed by atoms with Crippen LogP contribution in [0.15, 0.2) is 47.1 Å². The lowest BCUT2D eigenvalue weighted by Gasteiger charge is -2.04. The fourth-order valence-electron chi connectivity index (χ4n) is 2.31. The zero-order valence-corrected chi connectivity index (χ0v) is 12.9. The van der Waals surface area contributed by atoms with Crippen molar-refractivity contribution in [2.75, 3.05) is 12.8 Å². The second-order valence-corrected chi connectivity index (χ2v) is 5.63. The number of aromatic nitrogens is 1. The van der Waals surface area contributed by atoms with Crippen LogP contribution in [0.1, 0.15) is 15.9 Å². The molecule has 0 fully saturated rings. The third-order valence-corrected chi connectivity index (χ3v) is 3.77. The fraction of sp³-hybridized carbons (Fsp3) is 0.0625. The molecule has 4 nitrogen and oxygen atoms in total. The van der Waals surface area contributed by atoms with Crippen molar-refractivity contribution in [3.8, 4) is 5.75 Å². The molecule has 106 valence electrons. The molecule has 0 amide bonds. The van der Waals surface area contributed by atoms with Crippen LogP contribution in [0, 0.1) is 0 Å². The molecule has 1 aromatic heterocycles. The minimum absolute atomic E-state index is 0.0810. The third kappa shape index (κ3) is 2.52. The molecule has 0 aliphatic heterocycles.